The van der Waals surface area contributed by atoms with Crippen LogP contribution in [-0.2, 0) is 0 Å². The Kier molecular flexibility index (Phi) is 2.74. The van der Waals surface area contributed by atoms with Crippen LogP contribution in [0, 0.1) is 5.39 Å². The molecule has 86 valence electrons. The molecule has 0 aliphatic heterocycles. The lowest BCUT2D eigenvalue weighted by Gasteiger charge is -2.13. The monoisotopic (exact) mass is 264 g/mol. The van der Waals surface area contributed by atoms with Crippen LogP contribution in [0.3, 0.4) is 0 Å². The van der Waals surface area contributed by atoms with Crippen molar-refractivity contribution >= 4 is 47.3 Å². The van der Waals surface area contributed by atoms with Gasteiger partial charge < -0.3 is 5.11 Å². The predicted octanol–water partition coefficient (Wildman–Crippen LogP) is 3.58. The van der Waals surface area contributed by atoms with Gasteiger partial charge in [0.2, 0.25) is 5.39 Å². The number of fused-ring (bicyclic) bond motifs is 1. The highest BCUT2D eigenvalue weighted by Gasteiger charge is 2.12. The molecule has 3 nitrogen and oxygen atoms in total. The van der Waals surface area contributed by atoms with Crippen LogP contribution in [0.15, 0.2) is 35.2 Å². The summed E-state index contributed by atoms with van der Waals surface area (Å²) in [6.45, 7) is 0. The number of nitrogens with zero attached hydrogens (tertiary/aromatic N) is 2. The van der Waals surface area contributed by atoms with Gasteiger partial charge in [0, 0.05) is 11.0 Å². The highest BCUT2D eigenvalue weighted by atomic mass is 35.7. The summed E-state index contributed by atoms with van der Waals surface area (Å²) in [5, 5.41) is 21.8. The predicted molar refractivity (Wildman–Crippen MR) is 74.1 cm³/mol. The topological polar surface area (TPSA) is 51.2 Å². The molecule has 0 unspecified atom stereocenters. The minimum atomic E-state index is -1.93. The maximum absolute atomic E-state index is 11.9. The van der Waals surface area contributed by atoms with Crippen LogP contribution in [0.2, 0.25) is 0 Å². The van der Waals surface area contributed by atoms with E-state index in [0.29, 0.717) is 10.8 Å². The fourth-order valence-electron chi connectivity index (χ4n) is 1.69. The number of hydrogen-bond donors (Lipinski definition) is 0. The Bertz CT molecular complexity index is 745. The quantitative estimate of drug-likeness (QED) is 0.584. The minimum Gasteiger partial charge on any atom is -0.867 e. The maximum atomic E-state index is 11.9. The third-order valence-corrected chi connectivity index (χ3v) is 4.10. The molecule has 0 atom stereocenters. The Morgan fingerprint density at radius 2 is 1.88 bits per heavy atom. The summed E-state index contributed by atoms with van der Waals surface area (Å²) < 4.78 is 0. The van der Waals surface area contributed by atoms with Gasteiger partial charge in [-0.05, 0) is 28.7 Å². The molecule has 0 amide bonds. The van der Waals surface area contributed by atoms with E-state index >= 15 is 0 Å². The van der Waals surface area contributed by atoms with Crippen molar-refractivity contribution in [1.29, 1.82) is 5.39 Å². The van der Waals surface area contributed by atoms with E-state index in [0.717, 1.165) is 4.90 Å². The lowest BCUT2D eigenvalue weighted by atomic mass is 10.1. The first-order valence-electron chi connectivity index (χ1n) is 4.72. The van der Waals surface area contributed by atoms with E-state index in [9.17, 15) is 5.11 Å². The van der Waals surface area contributed by atoms with E-state index in [4.69, 9.17) is 16.1 Å². The molecular formula is C12H9ClN2OS. The molecule has 0 heterocycles. The first kappa shape index (κ1) is 11.8. The summed E-state index contributed by atoms with van der Waals surface area (Å²) in [6, 6.07) is 8.34. The Balaban J connectivity index is 2.96. The van der Waals surface area contributed by atoms with Crippen molar-refractivity contribution in [2.45, 2.75) is 4.90 Å². The molecule has 0 radical (unpaired) electrons. The van der Waals surface area contributed by atoms with Crippen molar-refractivity contribution in [3.8, 4) is 5.75 Å². The van der Waals surface area contributed by atoms with Crippen molar-refractivity contribution in [2.24, 2.45) is 0 Å². The summed E-state index contributed by atoms with van der Waals surface area (Å²) in [4.78, 5) is 3.69. The molecule has 0 spiro atoms. The number of rotatable bonds is 1. The standard InChI is InChI=1S/C12H9ClN2OS/c1-17(2,13)11-5-3-4-9-8(11)6-7-10(15-14)12(9)16/h3-7H,1-2H2. The lowest BCUT2D eigenvalue weighted by Crippen LogP contribution is -1.92. The molecular weight excluding hydrogens is 256 g/mol. The van der Waals surface area contributed by atoms with Gasteiger partial charge >= 0.3 is 5.69 Å². The molecule has 0 aliphatic rings. The zero-order chi connectivity index (χ0) is 12.6. The average Bonchev–Trinajstić information content (AvgIpc) is 2.28. The van der Waals surface area contributed by atoms with Crippen LogP contribution in [0.1, 0.15) is 0 Å². The normalized spacial score (nSPS) is 11.3. The molecule has 2 aromatic rings. The van der Waals surface area contributed by atoms with Gasteiger partial charge in [0.25, 0.3) is 0 Å². The van der Waals surface area contributed by atoms with Crippen LogP contribution in [0.5, 0.6) is 5.75 Å². The number of hydrogen-bond acceptors (Lipinski definition) is 2. The fourth-order valence-corrected chi connectivity index (χ4v) is 2.99. The van der Waals surface area contributed by atoms with E-state index in [1.165, 1.54) is 6.07 Å². The smallest absolute Gasteiger partial charge is 0.378 e. The van der Waals surface area contributed by atoms with Gasteiger partial charge in [-0.2, -0.15) is 0 Å². The van der Waals surface area contributed by atoms with E-state index in [1.54, 1.807) is 24.3 Å². The Labute approximate surface area is 104 Å². The van der Waals surface area contributed by atoms with Crippen LogP contribution < -0.4 is 5.11 Å². The van der Waals surface area contributed by atoms with Gasteiger partial charge in [-0.1, -0.05) is 34.6 Å². The summed E-state index contributed by atoms with van der Waals surface area (Å²) in [5.41, 5.74) is 0.0120. The highest BCUT2D eigenvalue weighted by molar-refractivity contribution is 8.45. The maximum Gasteiger partial charge on any atom is 0.378 e. The molecule has 0 aliphatic carbocycles. The summed E-state index contributed by atoms with van der Waals surface area (Å²) >= 11 is 0. The van der Waals surface area contributed by atoms with E-state index < -0.39 is 8.42 Å². The largest absolute Gasteiger partial charge is 0.867 e. The second kappa shape index (κ2) is 3.95. The van der Waals surface area contributed by atoms with Gasteiger partial charge in [0.05, 0.1) is 0 Å². The Morgan fingerprint density at radius 1 is 1.18 bits per heavy atom. The van der Waals surface area contributed by atoms with Crippen LogP contribution in [0.25, 0.3) is 15.7 Å². The molecule has 0 fully saturated rings. The number of diazo groups is 1. The average molecular weight is 265 g/mol. The number of halogens is 1. The molecule has 2 rings (SSSR count). The summed E-state index contributed by atoms with van der Waals surface area (Å²) in [7, 11) is 4.22. The first-order chi connectivity index (χ1) is 7.95. The highest BCUT2D eigenvalue weighted by Crippen LogP contribution is 2.43. The van der Waals surface area contributed by atoms with Gasteiger partial charge in [0.15, 0.2) is 4.98 Å². The van der Waals surface area contributed by atoms with Gasteiger partial charge in [-0.15, -0.1) is 8.42 Å². The molecule has 2 aromatic carbocycles. The van der Waals surface area contributed by atoms with Crippen LogP contribution in [0.4, 0.5) is 5.69 Å². The second-order valence-corrected chi connectivity index (χ2v) is 7.44. The molecule has 5 heteroatoms. The zero-order valence-electron chi connectivity index (χ0n) is 8.89. The van der Waals surface area contributed by atoms with Crippen molar-refractivity contribution < 1.29 is 5.11 Å². The van der Waals surface area contributed by atoms with Crippen LogP contribution >= 0.6 is 19.1 Å². The molecule has 0 saturated carbocycles. The molecule has 0 N–H and O–H groups in total. The Morgan fingerprint density at radius 3 is 2.47 bits per heavy atom. The molecule has 0 saturated heterocycles. The molecule has 0 bridgehead atoms. The second-order valence-electron chi connectivity index (χ2n) is 3.65. The van der Waals surface area contributed by atoms with E-state index in [2.05, 4.69) is 16.7 Å². The summed E-state index contributed by atoms with van der Waals surface area (Å²) in [6.07, 6.45) is 0. The van der Waals surface area contributed by atoms with Crippen molar-refractivity contribution in [2.75, 3.05) is 0 Å². The van der Waals surface area contributed by atoms with E-state index in [-0.39, 0.29) is 11.4 Å². The van der Waals surface area contributed by atoms with E-state index in [1.807, 2.05) is 0 Å². The zero-order valence-corrected chi connectivity index (χ0v) is 10.5. The third kappa shape index (κ3) is 1.95. The molecule has 17 heavy (non-hydrogen) atoms. The summed E-state index contributed by atoms with van der Waals surface area (Å²) in [5.74, 6) is 7.32. The van der Waals surface area contributed by atoms with Gasteiger partial charge in [-0.3, -0.25) is 0 Å². The fraction of sp³-hybridized carbons (Fsp3) is 0. The molecule has 0 aromatic heterocycles. The van der Waals surface area contributed by atoms with Crippen LogP contribution in [-0.4, -0.2) is 11.7 Å². The van der Waals surface area contributed by atoms with Gasteiger partial charge in [-0.25, -0.2) is 0 Å². The third-order valence-electron chi connectivity index (χ3n) is 2.45. The van der Waals surface area contributed by atoms with Crippen molar-refractivity contribution in [3.05, 3.63) is 35.3 Å². The van der Waals surface area contributed by atoms with Crippen molar-refractivity contribution in [3.63, 3.8) is 0 Å². The lowest BCUT2D eigenvalue weighted by molar-refractivity contribution is -0.264. The SMILES string of the molecule is C=S(=C)(Cl)c1cccc2c([O-])c([N+]#N)ccc12. The Hall–Kier alpha value is -1.70. The van der Waals surface area contributed by atoms with Gasteiger partial charge in [0.1, 0.15) is 0 Å². The minimum absolute atomic E-state index is 0.0120. The van der Waals surface area contributed by atoms with Crippen molar-refractivity contribution in [1.82, 2.24) is 0 Å². The first-order valence-corrected chi connectivity index (χ1v) is 7.52. The number of benzene rings is 2.